The Kier molecular flexibility index (Phi) is 5.56. The number of pyridine rings is 1. The highest BCUT2D eigenvalue weighted by molar-refractivity contribution is 5.99. The average Bonchev–Trinajstić information content (AvgIpc) is 3.54. The fourth-order valence-electron chi connectivity index (χ4n) is 6.24. The molecule has 3 aliphatic rings. The quantitative estimate of drug-likeness (QED) is 0.521. The summed E-state index contributed by atoms with van der Waals surface area (Å²) in [6.45, 7) is 0.635. The maximum absolute atomic E-state index is 13.0. The minimum absolute atomic E-state index is 0.0556. The summed E-state index contributed by atoms with van der Waals surface area (Å²) in [5.41, 5.74) is 3.12. The van der Waals surface area contributed by atoms with Crippen LogP contribution < -0.4 is 10.9 Å². The maximum atomic E-state index is 13.0. The number of anilines is 2. The van der Waals surface area contributed by atoms with Crippen molar-refractivity contribution < 1.29 is 4.79 Å². The van der Waals surface area contributed by atoms with Gasteiger partial charge in [-0.05, 0) is 55.5 Å². The van der Waals surface area contributed by atoms with Crippen LogP contribution in [0.4, 0.5) is 11.5 Å². The van der Waals surface area contributed by atoms with Crippen molar-refractivity contribution in [3.63, 3.8) is 0 Å². The summed E-state index contributed by atoms with van der Waals surface area (Å²) < 4.78 is 1.89. The molecule has 1 aromatic carbocycles. The van der Waals surface area contributed by atoms with Gasteiger partial charge in [-0.1, -0.05) is 32.1 Å². The molecular weight excluding hydrogens is 440 g/mol. The van der Waals surface area contributed by atoms with Gasteiger partial charge >= 0.3 is 0 Å². The number of carbonyl (C=O) groups is 1. The minimum atomic E-state index is -0.206. The Morgan fingerprint density at radius 1 is 1.03 bits per heavy atom. The molecule has 2 aliphatic carbocycles. The second kappa shape index (κ2) is 8.88. The van der Waals surface area contributed by atoms with Crippen molar-refractivity contribution in [3.8, 4) is 6.07 Å². The highest BCUT2D eigenvalue weighted by Crippen LogP contribution is 2.37. The van der Waals surface area contributed by atoms with Crippen LogP contribution in [0.1, 0.15) is 79.8 Å². The number of nitriles is 1. The minimum Gasteiger partial charge on any atom is -0.338 e. The second-order valence-corrected chi connectivity index (χ2v) is 10.2. The molecule has 8 nitrogen and oxygen atoms in total. The number of benzene rings is 1. The zero-order valence-electron chi connectivity index (χ0n) is 19.8. The van der Waals surface area contributed by atoms with Crippen LogP contribution in [0.25, 0.3) is 10.9 Å². The van der Waals surface area contributed by atoms with Crippen LogP contribution in [0, 0.1) is 17.2 Å². The smallest absolute Gasteiger partial charge is 0.261 e. The van der Waals surface area contributed by atoms with Crippen LogP contribution in [0.5, 0.6) is 0 Å². The van der Waals surface area contributed by atoms with Gasteiger partial charge in [-0.15, -0.1) is 0 Å². The van der Waals surface area contributed by atoms with Crippen molar-refractivity contribution in [2.24, 2.45) is 5.92 Å². The molecule has 0 radical (unpaired) electrons. The third kappa shape index (κ3) is 3.79. The molecule has 0 spiro atoms. The maximum Gasteiger partial charge on any atom is 0.261 e. The Hall–Kier alpha value is -3.60. The zero-order valence-corrected chi connectivity index (χ0v) is 19.8. The first kappa shape index (κ1) is 21.9. The Balaban J connectivity index is 1.35. The molecule has 8 heteroatoms. The first-order valence-corrected chi connectivity index (χ1v) is 12.8. The number of hydrogen-bond donors (Lipinski definition) is 2. The van der Waals surface area contributed by atoms with E-state index in [0.717, 1.165) is 67.3 Å². The van der Waals surface area contributed by atoms with E-state index in [0.29, 0.717) is 23.8 Å². The van der Waals surface area contributed by atoms with E-state index in [1.807, 2.05) is 33.8 Å². The summed E-state index contributed by atoms with van der Waals surface area (Å²) in [6.07, 6.45) is 11.1. The zero-order chi connectivity index (χ0) is 23.9. The van der Waals surface area contributed by atoms with Gasteiger partial charge in [0.25, 0.3) is 11.5 Å². The molecule has 180 valence electrons. The normalized spacial score (nSPS) is 22.8. The van der Waals surface area contributed by atoms with Gasteiger partial charge in [0.15, 0.2) is 5.82 Å². The number of nitrogens with one attached hydrogen (secondary N) is 2. The summed E-state index contributed by atoms with van der Waals surface area (Å²) in [4.78, 5) is 30.6. The van der Waals surface area contributed by atoms with E-state index in [1.165, 1.54) is 12.8 Å². The lowest BCUT2D eigenvalue weighted by molar-refractivity contribution is 0.0707. The van der Waals surface area contributed by atoms with E-state index in [1.54, 1.807) is 6.20 Å². The molecule has 0 saturated heterocycles. The van der Waals surface area contributed by atoms with Gasteiger partial charge in [-0.3, -0.25) is 14.3 Å². The van der Waals surface area contributed by atoms with Gasteiger partial charge in [-0.25, -0.2) is 0 Å². The lowest BCUT2D eigenvalue weighted by Gasteiger charge is -2.23. The van der Waals surface area contributed by atoms with Crippen LogP contribution in [0.2, 0.25) is 0 Å². The fraction of sp³-hybridized carbons (Fsp3) is 0.481. The number of hydrogen-bond acceptors (Lipinski definition) is 5. The molecule has 2 atom stereocenters. The first-order valence-electron chi connectivity index (χ1n) is 12.8. The van der Waals surface area contributed by atoms with Crippen molar-refractivity contribution in [2.45, 2.75) is 76.4 Å². The summed E-state index contributed by atoms with van der Waals surface area (Å²) >= 11 is 0. The van der Waals surface area contributed by atoms with Gasteiger partial charge in [0.1, 0.15) is 5.39 Å². The molecule has 1 amide bonds. The predicted octanol–water partition coefficient (Wildman–Crippen LogP) is 5.01. The van der Waals surface area contributed by atoms with Crippen LogP contribution in [0.3, 0.4) is 0 Å². The number of H-pyrrole nitrogens is 1. The molecule has 35 heavy (non-hydrogen) atoms. The van der Waals surface area contributed by atoms with Crippen LogP contribution in [-0.2, 0) is 6.54 Å². The van der Waals surface area contributed by atoms with E-state index >= 15 is 0 Å². The highest BCUT2D eigenvalue weighted by atomic mass is 16.2. The third-order valence-electron chi connectivity index (χ3n) is 8.06. The lowest BCUT2D eigenvalue weighted by atomic mass is 9.96. The standard InChI is InChI=1S/C27H30N6O2/c28-15-17-6-2-1-3-9-22(17)33-23-12-13-29-26(34)24(23)25(31-33)30-19-10-11-21-18(14-19)16-32(27(21)35)20-7-4-5-8-20/h10-14,17,20,22H,1-9,16H2,(H,29,34)(H,30,31). The number of fused-ring (bicyclic) bond motifs is 2. The molecule has 6 rings (SSSR count). The average molecular weight is 471 g/mol. The molecule has 1 aliphatic heterocycles. The number of aromatic nitrogens is 3. The number of nitrogens with zero attached hydrogens (tertiary/aromatic N) is 4. The van der Waals surface area contributed by atoms with Crippen molar-refractivity contribution in [1.82, 2.24) is 19.7 Å². The molecule has 3 heterocycles. The van der Waals surface area contributed by atoms with E-state index in [-0.39, 0.29) is 23.4 Å². The summed E-state index contributed by atoms with van der Waals surface area (Å²) in [5.74, 6) is 0.487. The molecule has 0 bridgehead atoms. The van der Waals surface area contributed by atoms with E-state index in [2.05, 4.69) is 16.4 Å². The van der Waals surface area contributed by atoms with Crippen molar-refractivity contribution in [1.29, 1.82) is 5.26 Å². The van der Waals surface area contributed by atoms with Crippen molar-refractivity contribution >= 4 is 28.3 Å². The first-order chi connectivity index (χ1) is 17.1. The second-order valence-electron chi connectivity index (χ2n) is 10.2. The third-order valence-corrected chi connectivity index (χ3v) is 8.06. The Morgan fingerprint density at radius 2 is 1.83 bits per heavy atom. The van der Waals surface area contributed by atoms with Gasteiger partial charge in [0, 0.05) is 30.0 Å². The number of aromatic amines is 1. The molecule has 2 saturated carbocycles. The number of carbonyl (C=O) groups excluding carboxylic acids is 1. The fourth-order valence-corrected chi connectivity index (χ4v) is 6.24. The lowest BCUT2D eigenvalue weighted by Crippen LogP contribution is -2.33. The van der Waals surface area contributed by atoms with Gasteiger partial charge in [0.05, 0.1) is 23.5 Å². The van der Waals surface area contributed by atoms with Gasteiger partial charge in [0.2, 0.25) is 0 Å². The van der Waals surface area contributed by atoms with E-state index in [4.69, 9.17) is 5.10 Å². The number of rotatable bonds is 4. The molecule has 2 fully saturated rings. The topological polar surface area (TPSA) is 107 Å². The Bertz CT molecular complexity index is 1380. The SMILES string of the molecule is N#CC1CCCCCC1n1nc(Nc2ccc3c(c2)CN(C2CCCC2)C3=O)c2c(=O)[nH]ccc21. The Labute approximate surface area is 203 Å². The van der Waals surface area contributed by atoms with Crippen LogP contribution in [-0.4, -0.2) is 31.6 Å². The predicted molar refractivity (Wildman–Crippen MR) is 133 cm³/mol. The Morgan fingerprint density at radius 3 is 2.66 bits per heavy atom. The molecule has 2 aromatic heterocycles. The monoisotopic (exact) mass is 470 g/mol. The molecular formula is C27H30N6O2. The summed E-state index contributed by atoms with van der Waals surface area (Å²) in [5, 5.41) is 18.5. The van der Waals surface area contributed by atoms with Crippen molar-refractivity contribution in [3.05, 3.63) is 51.9 Å². The summed E-state index contributed by atoms with van der Waals surface area (Å²) in [6, 6.07) is 10.4. The van der Waals surface area contributed by atoms with Crippen LogP contribution in [0.15, 0.2) is 35.3 Å². The van der Waals surface area contributed by atoms with E-state index in [9.17, 15) is 14.9 Å². The van der Waals surface area contributed by atoms with Gasteiger partial charge in [-0.2, -0.15) is 10.4 Å². The van der Waals surface area contributed by atoms with Crippen molar-refractivity contribution in [2.75, 3.05) is 5.32 Å². The van der Waals surface area contributed by atoms with E-state index < -0.39 is 0 Å². The molecule has 3 aromatic rings. The summed E-state index contributed by atoms with van der Waals surface area (Å²) in [7, 11) is 0. The highest BCUT2D eigenvalue weighted by Gasteiger charge is 2.34. The van der Waals surface area contributed by atoms with Gasteiger partial charge < -0.3 is 15.2 Å². The molecule has 2 N–H and O–H groups in total. The molecule has 2 unspecified atom stereocenters. The number of amides is 1. The van der Waals surface area contributed by atoms with Crippen LogP contribution >= 0.6 is 0 Å². The largest absolute Gasteiger partial charge is 0.338 e.